The van der Waals surface area contributed by atoms with Crippen LogP contribution in [0.4, 0.5) is 0 Å². The lowest BCUT2D eigenvalue weighted by atomic mass is 10.3. The van der Waals surface area contributed by atoms with Crippen LogP contribution < -0.4 is 0 Å². The molecular weight excluding hydrogens is 116 g/mol. The first kappa shape index (κ1) is 5.95. The second-order valence-electron chi connectivity index (χ2n) is 1.89. The Labute approximate surface area is 53.8 Å². The zero-order valence-corrected chi connectivity index (χ0v) is 5.22. The van der Waals surface area contributed by atoms with Crippen molar-refractivity contribution in [1.82, 2.24) is 0 Å². The molecule has 0 aromatic heterocycles. The number of allylic oxidation sites excluding steroid dienone is 3. The molecule has 1 N–H and O–H groups in total. The van der Waals surface area contributed by atoms with Crippen LogP contribution in [0, 0.1) is 0 Å². The average Bonchev–Trinajstić information content (AvgIpc) is 1.59. The van der Waals surface area contributed by atoms with E-state index in [1.165, 1.54) is 12.2 Å². The molecule has 0 unspecified atom stereocenters. The van der Waals surface area contributed by atoms with E-state index in [2.05, 4.69) is 6.58 Å². The van der Waals surface area contributed by atoms with E-state index in [4.69, 9.17) is 9.84 Å². The van der Waals surface area contributed by atoms with Crippen molar-refractivity contribution in [3.63, 3.8) is 0 Å². The molecule has 0 aromatic carbocycles. The monoisotopic (exact) mass is 124 g/mol. The molecular formula is C7H8O2. The Kier molecular flexibility index (Phi) is 1.30. The maximum Gasteiger partial charge on any atom is 0.123 e. The molecule has 0 amide bonds. The molecule has 2 heteroatoms. The van der Waals surface area contributed by atoms with Gasteiger partial charge >= 0.3 is 0 Å². The summed E-state index contributed by atoms with van der Waals surface area (Å²) in [6.07, 6.45) is 3.00. The van der Waals surface area contributed by atoms with Crippen molar-refractivity contribution in [2.75, 3.05) is 0 Å². The van der Waals surface area contributed by atoms with Crippen LogP contribution in [-0.4, -0.2) is 5.11 Å². The van der Waals surface area contributed by atoms with Gasteiger partial charge in [-0.3, -0.25) is 0 Å². The standard InChI is InChI=1S/C7H8O2/c1-5-3-7(8)4-6(2)9-5/h3-4,8H,1H2,2H3. The highest BCUT2D eigenvalue weighted by molar-refractivity contribution is 5.26. The Morgan fingerprint density at radius 3 is 2.67 bits per heavy atom. The number of hydrogen-bond acceptors (Lipinski definition) is 2. The number of aliphatic hydroxyl groups excluding tert-OH is 1. The average molecular weight is 124 g/mol. The van der Waals surface area contributed by atoms with Gasteiger partial charge in [-0.05, 0) is 6.92 Å². The minimum absolute atomic E-state index is 0.198. The number of aliphatic hydroxyl groups is 1. The van der Waals surface area contributed by atoms with E-state index in [1.54, 1.807) is 6.92 Å². The summed E-state index contributed by atoms with van der Waals surface area (Å²) in [5.41, 5.74) is 0. The van der Waals surface area contributed by atoms with Gasteiger partial charge in [-0.1, -0.05) is 6.58 Å². The second-order valence-corrected chi connectivity index (χ2v) is 1.89. The summed E-state index contributed by atoms with van der Waals surface area (Å²) in [7, 11) is 0. The Hall–Kier alpha value is -1.18. The molecule has 9 heavy (non-hydrogen) atoms. The molecule has 1 aliphatic heterocycles. The maximum atomic E-state index is 8.89. The molecule has 2 nitrogen and oxygen atoms in total. The minimum Gasteiger partial charge on any atom is -0.508 e. The number of rotatable bonds is 0. The Bertz CT molecular complexity index is 199. The van der Waals surface area contributed by atoms with E-state index in [0.717, 1.165) is 0 Å². The fourth-order valence-electron chi connectivity index (χ4n) is 0.681. The first-order valence-electron chi connectivity index (χ1n) is 2.64. The minimum atomic E-state index is 0.198. The summed E-state index contributed by atoms with van der Waals surface area (Å²) in [6, 6.07) is 0. The van der Waals surface area contributed by atoms with Crippen LogP contribution in [0.3, 0.4) is 0 Å². The van der Waals surface area contributed by atoms with Gasteiger partial charge in [0.1, 0.15) is 17.3 Å². The maximum absolute atomic E-state index is 8.89. The van der Waals surface area contributed by atoms with Crippen LogP contribution >= 0.6 is 0 Å². The largest absolute Gasteiger partial charge is 0.508 e. The zero-order chi connectivity index (χ0) is 6.85. The van der Waals surface area contributed by atoms with Crippen molar-refractivity contribution >= 4 is 0 Å². The van der Waals surface area contributed by atoms with Gasteiger partial charge in [0, 0.05) is 12.2 Å². The van der Waals surface area contributed by atoms with Crippen molar-refractivity contribution in [3.8, 4) is 0 Å². The summed E-state index contributed by atoms with van der Waals surface area (Å²) in [5.74, 6) is 1.34. The molecule has 0 spiro atoms. The van der Waals surface area contributed by atoms with Gasteiger partial charge in [0.05, 0.1) is 0 Å². The summed E-state index contributed by atoms with van der Waals surface area (Å²) in [4.78, 5) is 0. The number of ether oxygens (including phenoxy) is 1. The van der Waals surface area contributed by atoms with Gasteiger partial charge in [0.2, 0.25) is 0 Å². The SMILES string of the molecule is C=C1C=C(O)C=C(C)O1. The molecule has 0 fully saturated rings. The normalized spacial score (nSPS) is 18.1. The summed E-state index contributed by atoms with van der Waals surface area (Å²) >= 11 is 0. The van der Waals surface area contributed by atoms with Gasteiger partial charge in [-0.25, -0.2) is 0 Å². The summed E-state index contributed by atoms with van der Waals surface area (Å²) in [6.45, 7) is 5.27. The zero-order valence-electron chi connectivity index (χ0n) is 5.22. The smallest absolute Gasteiger partial charge is 0.123 e. The summed E-state index contributed by atoms with van der Waals surface area (Å²) < 4.78 is 4.99. The van der Waals surface area contributed by atoms with Crippen LogP contribution in [0.5, 0.6) is 0 Å². The third kappa shape index (κ3) is 1.35. The highest BCUT2D eigenvalue weighted by Gasteiger charge is 2.02. The van der Waals surface area contributed by atoms with E-state index < -0.39 is 0 Å². The quantitative estimate of drug-likeness (QED) is 0.534. The van der Waals surface area contributed by atoms with Gasteiger partial charge in [0.15, 0.2) is 0 Å². The molecule has 48 valence electrons. The summed E-state index contributed by atoms with van der Waals surface area (Å²) in [5, 5.41) is 8.89. The van der Waals surface area contributed by atoms with Crippen LogP contribution in [0.15, 0.2) is 36.0 Å². The van der Waals surface area contributed by atoms with Gasteiger partial charge in [-0.2, -0.15) is 0 Å². The van der Waals surface area contributed by atoms with Crippen LogP contribution in [-0.2, 0) is 4.74 Å². The fraction of sp³-hybridized carbons (Fsp3) is 0.143. The van der Waals surface area contributed by atoms with Gasteiger partial charge in [0.25, 0.3) is 0 Å². The lowest BCUT2D eigenvalue weighted by Gasteiger charge is -2.09. The van der Waals surface area contributed by atoms with Crippen molar-refractivity contribution in [2.45, 2.75) is 6.92 Å². The topological polar surface area (TPSA) is 29.5 Å². The third-order valence-electron chi connectivity index (χ3n) is 0.952. The highest BCUT2D eigenvalue weighted by atomic mass is 16.5. The van der Waals surface area contributed by atoms with Crippen molar-refractivity contribution in [2.24, 2.45) is 0 Å². The van der Waals surface area contributed by atoms with Crippen LogP contribution in [0.1, 0.15) is 6.92 Å². The molecule has 0 atom stereocenters. The lowest BCUT2D eigenvalue weighted by Crippen LogP contribution is -1.93. The molecule has 1 rings (SSSR count). The fourth-order valence-corrected chi connectivity index (χ4v) is 0.681. The highest BCUT2D eigenvalue weighted by Crippen LogP contribution is 2.14. The van der Waals surface area contributed by atoms with E-state index in [-0.39, 0.29) is 5.76 Å². The predicted octanol–water partition coefficient (Wildman–Crippen LogP) is 1.88. The van der Waals surface area contributed by atoms with Crippen LogP contribution in [0.25, 0.3) is 0 Å². The van der Waals surface area contributed by atoms with Gasteiger partial charge < -0.3 is 9.84 Å². The molecule has 0 saturated carbocycles. The van der Waals surface area contributed by atoms with Crippen LogP contribution in [0.2, 0.25) is 0 Å². The Balaban J connectivity index is 2.86. The molecule has 0 aromatic rings. The Morgan fingerprint density at radius 2 is 2.22 bits per heavy atom. The van der Waals surface area contributed by atoms with E-state index in [9.17, 15) is 0 Å². The molecule has 0 saturated heterocycles. The molecule has 0 bridgehead atoms. The predicted molar refractivity (Wildman–Crippen MR) is 34.7 cm³/mol. The van der Waals surface area contributed by atoms with Crippen molar-refractivity contribution < 1.29 is 9.84 Å². The van der Waals surface area contributed by atoms with Crippen molar-refractivity contribution in [3.05, 3.63) is 36.0 Å². The molecule has 0 radical (unpaired) electrons. The third-order valence-corrected chi connectivity index (χ3v) is 0.952. The molecule has 0 aliphatic carbocycles. The van der Waals surface area contributed by atoms with E-state index in [1.807, 2.05) is 0 Å². The first-order valence-corrected chi connectivity index (χ1v) is 2.64. The van der Waals surface area contributed by atoms with E-state index >= 15 is 0 Å². The molecule has 1 aliphatic rings. The van der Waals surface area contributed by atoms with Gasteiger partial charge in [-0.15, -0.1) is 0 Å². The number of hydrogen-bond donors (Lipinski definition) is 1. The first-order chi connectivity index (χ1) is 4.18. The second kappa shape index (κ2) is 1.97. The van der Waals surface area contributed by atoms with Crippen molar-refractivity contribution in [1.29, 1.82) is 0 Å². The Morgan fingerprint density at radius 1 is 1.56 bits per heavy atom. The molecule has 1 heterocycles. The van der Waals surface area contributed by atoms with E-state index in [0.29, 0.717) is 11.5 Å². The lowest BCUT2D eigenvalue weighted by molar-refractivity contribution is 0.303.